The van der Waals surface area contributed by atoms with Gasteiger partial charge in [0.15, 0.2) is 5.78 Å². The molecule has 3 heteroatoms. The number of nitrogens with one attached hydrogen (secondary N) is 1. The molecule has 0 aliphatic carbocycles. The number of ketones is 1. The molecule has 0 amide bonds. The monoisotopic (exact) mass is 283 g/mol. The summed E-state index contributed by atoms with van der Waals surface area (Å²) < 4.78 is 5.33. The first-order valence-electron chi connectivity index (χ1n) is 7.09. The topological polar surface area (TPSA) is 38.3 Å². The molecular formula is C18H21NO2. The van der Waals surface area contributed by atoms with Crippen molar-refractivity contribution in [3.05, 3.63) is 64.7 Å². The van der Waals surface area contributed by atoms with Gasteiger partial charge in [-0.15, -0.1) is 0 Å². The lowest BCUT2D eigenvalue weighted by atomic mass is 9.95. The highest BCUT2D eigenvalue weighted by atomic mass is 16.5. The van der Waals surface area contributed by atoms with Crippen LogP contribution in [-0.4, -0.2) is 26.5 Å². The number of carbonyl (C=O) groups is 1. The average Bonchev–Trinajstić information content (AvgIpc) is 2.52. The van der Waals surface area contributed by atoms with Crippen molar-refractivity contribution in [2.45, 2.75) is 13.3 Å². The summed E-state index contributed by atoms with van der Waals surface area (Å²) in [4.78, 5) is 12.9. The SMILES string of the molecule is CNCCc1ccccc1C(=O)c1cc(C)ccc1OC. The maximum Gasteiger partial charge on any atom is 0.197 e. The number of hydrogen-bond acceptors (Lipinski definition) is 3. The Bertz CT molecular complexity index is 635. The van der Waals surface area contributed by atoms with E-state index in [1.54, 1.807) is 7.11 Å². The molecule has 0 bridgehead atoms. The van der Waals surface area contributed by atoms with Gasteiger partial charge in [0.25, 0.3) is 0 Å². The van der Waals surface area contributed by atoms with Gasteiger partial charge in [-0.2, -0.15) is 0 Å². The number of ether oxygens (including phenoxy) is 1. The van der Waals surface area contributed by atoms with Crippen LogP contribution < -0.4 is 10.1 Å². The molecule has 0 atom stereocenters. The summed E-state index contributed by atoms with van der Waals surface area (Å²) in [6.45, 7) is 2.82. The third-order valence-corrected chi connectivity index (χ3v) is 3.51. The minimum Gasteiger partial charge on any atom is -0.496 e. The first kappa shape index (κ1) is 15.3. The molecule has 0 aliphatic heterocycles. The van der Waals surface area contributed by atoms with Crippen LogP contribution in [0.25, 0.3) is 0 Å². The number of aryl methyl sites for hydroxylation is 1. The van der Waals surface area contributed by atoms with Gasteiger partial charge in [-0.3, -0.25) is 4.79 Å². The lowest BCUT2D eigenvalue weighted by molar-refractivity contribution is 0.103. The summed E-state index contributed by atoms with van der Waals surface area (Å²) in [5.41, 5.74) is 3.47. The molecular weight excluding hydrogens is 262 g/mol. The van der Waals surface area contributed by atoms with Gasteiger partial charge in [-0.1, -0.05) is 35.9 Å². The third kappa shape index (κ3) is 3.50. The molecule has 0 radical (unpaired) electrons. The van der Waals surface area contributed by atoms with E-state index in [0.29, 0.717) is 11.3 Å². The smallest absolute Gasteiger partial charge is 0.197 e. The summed E-state index contributed by atoms with van der Waals surface area (Å²) in [7, 11) is 3.50. The fraction of sp³-hybridized carbons (Fsp3) is 0.278. The van der Waals surface area contributed by atoms with E-state index in [0.717, 1.165) is 29.7 Å². The predicted octanol–water partition coefficient (Wildman–Crippen LogP) is 3.00. The van der Waals surface area contributed by atoms with E-state index in [9.17, 15) is 4.79 Å². The number of carbonyl (C=O) groups excluding carboxylic acids is 1. The zero-order chi connectivity index (χ0) is 15.2. The van der Waals surface area contributed by atoms with Crippen LogP contribution in [0, 0.1) is 6.92 Å². The van der Waals surface area contributed by atoms with Crippen LogP contribution in [0.1, 0.15) is 27.0 Å². The first-order valence-corrected chi connectivity index (χ1v) is 7.09. The van der Waals surface area contributed by atoms with Crippen LogP contribution in [0.3, 0.4) is 0 Å². The summed E-state index contributed by atoms with van der Waals surface area (Å²) >= 11 is 0. The molecule has 21 heavy (non-hydrogen) atoms. The van der Waals surface area contributed by atoms with Crippen LogP contribution in [0.2, 0.25) is 0 Å². The molecule has 110 valence electrons. The number of likely N-dealkylation sites (N-methyl/N-ethyl adjacent to an activating group) is 1. The number of hydrogen-bond donors (Lipinski definition) is 1. The van der Waals surface area contributed by atoms with Gasteiger partial charge >= 0.3 is 0 Å². The van der Waals surface area contributed by atoms with Crippen LogP contribution in [-0.2, 0) is 6.42 Å². The molecule has 2 aromatic carbocycles. The Morgan fingerprint density at radius 3 is 2.62 bits per heavy atom. The highest BCUT2D eigenvalue weighted by molar-refractivity contribution is 6.11. The lowest BCUT2D eigenvalue weighted by Crippen LogP contribution is -2.14. The van der Waals surface area contributed by atoms with Gasteiger partial charge in [-0.05, 0) is 44.6 Å². The van der Waals surface area contributed by atoms with Crippen molar-refractivity contribution < 1.29 is 9.53 Å². The van der Waals surface area contributed by atoms with Crippen molar-refractivity contribution in [2.24, 2.45) is 0 Å². The van der Waals surface area contributed by atoms with Crippen LogP contribution >= 0.6 is 0 Å². The normalized spacial score (nSPS) is 10.4. The molecule has 0 aliphatic rings. The number of methoxy groups -OCH3 is 1. The van der Waals surface area contributed by atoms with E-state index in [2.05, 4.69) is 5.32 Å². The fourth-order valence-electron chi connectivity index (χ4n) is 2.36. The molecule has 0 saturated carbocycles. The standard InChI is InChI=1S/C18H21NO2/c1-13-8-9-17(21-3)16(12-13)18(20)15-7-5-4-6-14(15)10-11-19-2/h4-9,12,19H,10-11H2,1-3H3. The second kappa shape index (κ2) is 7.04. The second-order valence-electron chi connectivity index (χ2n) is 5.04. The van der Waals surface area contributed by atoms with Crippen molar-refractivity contribution in [2.75, 3.05) is 20.7 Å². The van der Waals surface area contributed by atoms with Crippen LogP contribution in [0.4, 0.5) is 0 Å². The molecule has 0 saturated heterocycles. The van der Waals surface area contributed by atoms with Gasteiger partial charge in [0.1, 0.15) is 5.75 Å². The maximum absolute atomic E-state index is 12.9. The minimum absolute atomic E-state index is 0.0160. The van der Waals surface area contributed by atoms with Crippen molar-refractivity contribution in [1.29, 1.82) is 0 Å². The third-order valence-electron chi connectivity index (χ3n) is 3.51. The van der Waals surface area contributed by atoms with Gasteiger partial charge in [-0.25, -0.2) is 0 Å². The Balaban J connectivity index is 2.43. The van der Waals surface area contributed by atoms with Crippen molar-refractivity contribution in [3.63, 3.8) is 0 Å². The van der Waals surface area contributed by atoms with E-state index in [1.807, 2.05) is 56.4 Å². The van der Waals surface area contributed by atoms with Crippen molar-refractivity contribution in [3.8, 4) is 5.75 Å². The van der Waals surface area contributed by atoms with Crippen molar-refractivity contribution >= 4 is 5.78 Å². The fourth-order valence-corrected chi connectivity index (χ4v) is 2.36. The van der Waals surface area contributed by atoms with Gasteiger partial charge < -0.3 is 10.1 Å². The summed E-state index contributed by atoms with van der Waals surface area (Å²) in [6, 6.07) is 13.4. The molecule has 0 fully saturated rings. The molecule has 3 nitrogen and oxygen atoms in total. The van der Waals surface area contributed by atoms with Gasteiger partial charge in [0, 0.05) is 5.56 Å². The molecule has 1 N–H and O–H groups in total. The van der Waals surface area contributed by atoms with E-state index < -0.39 is 0 Å². The van der Waals surface area contributed by atoms with Gasteiger partial charge in [0.2, 0.25) is 0 Å². The summed E-state index contributed by atoms with van der Waals surface area (Å²) in [5.74, 6) is 0.635. The van der Waals surface area contributed by atoms with Crippen LogP contribution in [0.15, 0.2) is 42.5 Å². The number of rotatable bonds is 6. The first-order chi connectivity index (χ1) is 10.2. The van der Waals surface area contributed by atoms with Crippen LogP contribution in [0.5, 0.6) is 5.75 Å². The van der Waals surface area contributed by atoms with E-state index in [-0.39, 0.29) is 5.78 Å². The maximum atomic E-state index is 12.9. The minimum atomic E-state index is 0.0160. The Hall–Kier alpha value is -2.13. The Morgan fingerprint density at radius 1 is 1.14 bits per heavy atom. The van der Waals surface area contributed by atoms with Gasteiger partial charge in [0.05, 0.1) is 12.7 Å². The van der Waals surface area contributed by atoms with E-state index in [4.69, 9.17) is 4.74 Å². The molecule has 0 heterocycles. The molecule has 0 aromatic heterocycles. The Labute approximate surface area is 126 Å². The average molecular weight is 283 g/mol. The molecule has 2 aromatic rings. The van der Waals surface area contributed by atoms with E-state index in [1.165, 1.54) is 0 Å². The summed E-state index contributed by atoms with van der Waals surface area (Å²) in [5, 5.41) is 3.12. The zero-order valence-electron chi connectivity index (χ0n) is 12.8. The predicted molar refractivity (Wildman–Crippen MR) is 85.2 cm³/mol. The van der Waals surface area contributed by atoms with E-state index >= 15 is 0 Å². The number of benzene rings is 2. The second-order valence-corrected chi connectivity index (χ2v) is 5.04. The molecule has 2 rings (SSSR count). The molecule has 0 spiro atoms. The summed E-state index contributed by atoms with van der Waals surface area (Å²) in [6.07, 6.45) is 0.826. The highest BCUT2D eigenvalue weighted by Crippen LogP contribution is 2.24. The highest BCUT2D eigenvalue weighted by Gasteiger charge is 2.17. The Morgan fingerprint density at radius 2 is 1.90 bits per heavy atom. The largest absolute Gasteiger partial charge is 0.496 e. The zero-order valence-corrected chi connectivity index (χ0v) is 12.8. The van der Waals surface area contributed by atoms with Crippen molar-refractivity contribution in [1.82, 2.24) is 5.32 Å². The Kier molecular flexibility index (Phi) is 5.12. The quantitative estimate of drug-likeness (QED) is 0.828. The lowest BCUT2D eigenvalue weighted by Gasteiger charge is -2.12. The molecule has 0 unspecified atom stereocenters.